The maximum absolute atomic E-state index is 13.4. The molecule has 0 spiro atoms. The lowest BCUT2D eigenvalue weighted by Crippen LogP contribution is -2.42. The summed E-state index contributed by atoms with van der Waals surface area (Å²) in [6.07, 6.45) is -0.696. The number of rotatable bonds is 3. The molecular weight excluding hydrogens is 418 g/mol. The summed E-state index contributed by atoms with van der Waals surface area (Å²) in [5, 5.41) is 11.0. The number of anilines is 2. The molecule has 1 aliphatic rings. The van der Waals surface area contributed by atoms with E-state index in [2.05, 4.69) is 4.98 Å². The zero-order chi connectivity index (χ0) is 21.7. The van der Waals surface area contributed by atoms with Crippen LogP contribution < -0.4 is 16.1 Å². The van der Waals surface area contributed by atoms with Crippen LogP contribution in [0.25, 0.3) is 11.2 Å². The average Bonchev–Trinajstić information content (AvgIpc) is 3.16. The normalized spacial score (nSPS) is 16.0. The van der Waals surface area contributed by atoms with Crippen molar-refractivity contribution in [1.29, 1.82) is 0 Å². The van der Waals surface area contributed by atoms with Gasteiger partial charge in [0, 0.05) is 17.8 Å². The van der Waals surface area contributed by atoms with E-state index in [-0.39, 0.29) is 24.3 Å². The van der Waals surface area contributed by atoms with Crippen LogP contribution in [0.15, 0.2) is 64.2 Å². The van der Waals surface area contributed by atoms with Gasteiger partial charge in [0.05, 0.1) is 25.7 Å². The molecular formula is C22H20ClN5O3. The first kappa shape index (κ1) is 19.6. The highest BCUT2D eigenvalue weighted by Gasteiger charge is 2.30. The number of nitrogens with zero attached hydrogens (tertiary/aromatic N) is 5. The molecule has 2 aromatic heterocycles. The van der Waals surface area contributed by atoms with Gasteiger partial charge >= 0.3 is 5.69 Å². The number of aliphatic hydroxyl groups is 1. The van der Waals surface area contributed by atoms with Gasteiger partial charge in [0.25, 0.3) is 5.56 Å². The SMILES string of the molecule is Cn1c(=O)n(Cc2ccccc2Cl)c(=O)c2c1nc1n2C[C@H](O)CN1c1ccccc1. The number of aromatic nitrogens is 4. The van der Waals surface area contributed by atoms with Gasteiger partial charge in [0.2, 0.25) is 5.95 Å². The predicted octanol–water partition coefficient (Wildman–Crippen LogP) is 2.11. The third kappa shape index (κ3) is 3.15. The maximum Gasteiger partial charge on any atom is 0.332 e. The lowest BCUT2D eigenvalue weighted by Gasteiger charge is -2.32. The molecule has 0 unspecified atom stereocenters. The van der Waals surface area contributed by atoms with E-state index in [1.807, 2.05) is 41.3 Å². The summed E-state index contributed by atoms with van der Waals surface area (Å²) in [6.45, 7) is 0.608. The molecule has 1 N–H and O–H groups in total. The van der Waals surface area contributed by atoms with Crippen LogP contribution in [0.1, 0.15) is 5.56 Å². The van der Waals surface area contributed by atoms with Crippen LogP contribution in [-0.2, 0) is 20.1 Å². The average molecular weight is 438 g/mol. The zero-order valence-electron chi connectivity index (χ0n) is 16.8. The van der Waals surface area contributed by atoms with Gasteiger partial charge in [0.15, 0.2) is 11.2 Å². The van der Waals surface area contributed by atoms with Gasteiger partial charge in [-0.1, -0.05) is 48.0 Å². The predicted molar refractivity (Wildman–Crippen MR) is 119 cm³/mol. The Kier molecular flexibility index (Phi) is 4.68. The number of β-amino-alcohol motifs (C(OH)–C–C–N with tert-alkyl or cyclic N) is 1. The lowest BCUT2D eigenvalue weighted by atomic mass is 10.2. The van der Waals surface area contributed by atoms with Crippen molar-refractivity contribution in [3.8, 4) is 0 Å². The van der Waals surface area contributed by atoms with Crippen molar-refractivity contribution in [2.75, 3.05) is 11.4 Å². The number of aliphatic hydroxyl groups excluding tert-OH is 1. The fraction of sp³-hybridized carbons (Fsp3) is 0.227. The van der Waals surface area contributed by atoms with Crippen LogP contribution >= 0.6 is 11.6 Å². The van der Waals surface area contributed by atoms with Crippen molar-refractivity contribution < 1.29 is 5.11 Å². The maximum atomic E-state index is 13.4. The molecule has 4 aromatic rings. The summed E-state index contributed by atoms with van der Waals surface area (Å²) in [7, 11) is 1.59. The Morgan fingerprint density at radius 2 is 1.77 bits per heavy atom. The largest absolute Gasteiger partial charge is 0.389 e. The van der Waals surface area contributed by atoms with E-state index in [1.165, 1.54) is 4.57 Å². The number of para-hydroxylation sites is 1. The van der Waals surface area contributed by atoms with Gasteiger partial charge in [-0.2, -0.15) is 4.98 Å². The molecule has 0 amide bonds. The quantitative estimate of drug-likeness (QED) is 0.530. The van der Waals surface area contributed by atoms with Gasteiger partial charge < -0.3 is 14.6 Å². The molecule has 0 aliphatic carbocycles. The van der Waals surface area contributed by atoms with E-state index >= 15 is 0 Å². The van der Waals surface area contributed by atoms with Crippen molar-refractivity contribution in [3.05, 3.63) is 86.0 Å². The third-order valence-electron chi connectivity index (χ3n) is 5.59. The molecule has 8 nitrogen and oxygen atoms in total. The van der Waals surface area contributed by atoms with Crippen LogP contribution in [0.2, 0.25) is 5.02 Å². The van der Waals surface area contributed by atoms with E-state index in [0.29, 0.717) is 23.1 Å². The topological polar surface area (TPSA) is 85.3 Å². The Labute approximate surface area is 182 Å². The number of hydrogen-bond donors (Lipinski definition) is 1. The van der Waals surface area contributed by atoms with Gasteiger partial charge in [-0.25, -0.2) is 4.79 Å². The number of imidazole rings is 1. The molecule has 0 fully saturated rings. The van der Waals surface area contributed by atoms with Crippen molar-refractivity contribution in [2.24, 2.45) is 7.05 Å². The summed E-state index contributed by atoms with van der Waals surface area (Å²) in [5.74, 6) is 0.522. The number of aryl methyl sites for hydroxylation is 1. The molecule has 0 bridgehead atoms. The van der Waals surface area contributed by atoms with E-state index in [1.54, 1.807) is 29.8 Å². The minimum absolute atomic E-state index is 0.0482. The Bertz CT molecular complexity index is 1410. The Balaban J connectivity index is 1.74. The molecule has 2 aromatic carbocycles. The molecule has 1 aliphatic heterocycles. The van der Waals surface area contributed by atoms with Crippen LogP contribution in [0, 0.1) is 0 Å². The molecule has 0 radical (unpaired) electrons. The number of benzene rings is 2. The van der Waals surface area contributed by atoms with E-state index < -0.39 is 17.4 Å². The molecule has 0 saturated heterocycles. The zero-order valence-corrected chi connectivity index (χ0v) is 17.5. The number of halogens is 1. The highest BCUT2D eigenvalue weighted by molar-refractivity contribution is 6.31. The summed E-state index contributed by atoms with van der Waals surface area (Å²) < 4.78 is 4.22. The summed E-state index contributed by atoms with van der Waals surface area (Å²) in [5.41, 5.74) is 1.16. The van der Waals surface area contributed by atoms with Gasteiger partial charge in [-0.15, -0.1) is 0 Å². The summed E-state index contributed by atoms with van der Waals surface area (Å²) >= 11 is 6.26. The van der Waals surface area contributed by atoms with E-state index in [9.17, 15) is 14.7 Å². The Morgan fingerprint density at radius 3 is 2.52 bits per heavy atom. The molecule has 3 heterocycles. The molecule has 158 valence electrons. The van der Waals surface area contributed by atoms with Gasteiger partial charge in [0.1, 0.15) is 0 Å². The molecule has 5 rings (SSSR count). The second-order valence-corrected chi connectivity index (χ2v) is 8.03. The van der Waals surface area contributed by atoms with Gasteiger partial charge in [-0.05, 0) is 23.8 Å². The monoisotopic (exact) mass is 437 g/mol. The highest BCUT2D eigenvalue weighted by Crippen LogP contribution is 2.30. The van der Waals surface area contributed by atoms with Crippen molar-refractivity contribution in [2.45, 2.75) is 19.2 Å². The summed E-state index contributed by atoms with van der Waals surface area (Å²) in [4.78, 5) is 33.0. The first-order chi connectivity index (χ1) is 15.0. The standard InChI is InChI=1S/C22H20ClN5O3/c1-25-19-18(20(30)28(22(25)31)11-14-7-5-6-10-17(14)23)27-13-16(29)12-26(21(27)24-19)15-8-3-2-4-9-15/h2-10,16,29H,11-13H2,1H3/t16-/m1/s1. The molecule has 1 atom stereocenters. The molecule has 9 heteroatoms. The fourth-order valence-electron chi connectivity index (χ4n) is 4.07. The molecule has 31 heavy (non-hydrogen) atoms. The van der Waals surface area contributed by atoms with E-state index in [4.69, 9.17) is 11.6 Å². The second kappa shape index (κ2) is 7.40. The van der Waals surface area contributed by atoms with Crippen LogP contribution in [-0.4, -0.2) is 36.4 Å². The first-order valence-electron chi connectivity index (χ1n) is 9.90. The Morgan fingerprint density at radius 1 is 1.06 bits per heavy atom. The lowest BCUT2D eigenvalue weighted by molar-refractivity contribution is 0.154. The minimum atomic E-state index is -0.696. The summed E-state index contributed by atoms with van der Waals surface area (Å²) in [6, 6.07) is 16.6. The van der Waals surface area contributed by atoms with E-state index in [0.717, 1.165) is 10.3 Å². The van der Waals surface area contributed by atoms with Crippen LogP contribution in [0.3, 0.4) is 0 Å². The minimum Gasteiger partial charge on any atom is -0.389 e. The first-order valence-corrected chi connectivity index (χ1v) is 10.3. The van der Waals surface area contributed by atoms with Crippen LogP contribution in [0.5, 0.6) is 0 Å². The molecule has 0 saturated carbocycles. The van der Waals surface area contributed by atoms with Crippen molar-refractivity contribution >= 4 is 34.4 Å². The van der Waals surface area contributed by atoms with Crippen molar-refractivity contribution in [3.63, 3.8) is 0 Å². The smallest absolute Gasteiger partial charge is 0.332 e. The Hall–Kier alpha value is -3.36. The highest BCUT2D eigenvalue weighted by atomic mass is 35.5. The second-order valence-electron chi connectivity index (χ2n) is 7.62. The number of hydrogen-bond acceptors (Lipinski definition) is 5. The number of fused-ring (bicyclic) bond motifs is 3. The fourth-order valence-corrected chi connectivity index (χ4v) is 4.26. The third-order valence-corrected chi connectivity index (χ3v) is 5.96. The van der Waals surface area contributed by atoms with Crippen molar-refractivity contribution in [1.82, 2.24) is 18.7 Å². The van der Waals surface area contributed by atoms with Gasteiger partial charge in [-0.3, -0.25) is 13.9 Å². The van der Waals surface area contributed by atoms with Crippen LogP contribution in [0.4, 0.5) is 11.6 Å².